The van der Waals surface area contributed by atoms with Gasteiger partial charge in [-0.1, -0.05) is 35.6 Å². The molecule has 1 rings (SSSR count). The summed E-state index contributed by atoms with van der Waals surface area (Å²) in [7, 11) is -3.75. The van der Waals surface area contributed by atoms with Gasteiger partial charge in [0.15, 0.2) is 6.10 Å². The second-order valence-corrected chi connectivity index (χ2v) is 8.92. The van der Waals surface area contributed by atoms with E-state index in [9.17, 15) is 13.2 Å². The van der Waals surface area contributed by atoms with Crippen LogP contribution in [0.25, 0.3) is 0 Å². The summed E-state index contributed by atoms with van der Waals surface area (Å²) in [5.41, 5.74) is 0.266. The van der Waals surface area contributed by atoms with Crippen molar-refractivity contribution in [3.05, 3.63) is 42.0 Å². The number of ether oxygens (including phenoxy) is 1. The third-order valence-electron chi connectivity index (χ3n) is 3.56. The quantitative estimate of drug-likeness (QED) is 0.410. The molecule has 6 heteroatoms. The van der Waals surface area contributed by atoms with Gasteiger partial charge in [0, 0.05) is 6.54 Å². The first kappa shape index (κ1) is 22.5. The molecule has 0 fully saturated rings. The van der Waals surface area contributed by atoms with Crippen LogP contribution in [0.15, 0.2) is 41.3 Å². The van der Waals surface area contributed by atoms with Crippen LogP contribution in [-0.4, -0.2) is 37.9 Å². The lowest BCUT2D eigenvalue weighted by atomic mass is 9.97. The van der Waals surface area contributed by atoms with Crippen LogP contribution in [0.2, 0.25) is 0 Å². The Labute approximate surface area is 162 Å². The third kappa shape index (κ3) is 6.60. The molecule has 5 nitrogen and oxygen atoms in total. The standard InChI is InChI=1S/C21H25NO4S/c1-7-15-22(27(24,25)19-13-11-17(3)12-14-19)16-9-10-18(8-2)26-20(23)21(4,5)6/h1-2,9-14,18H,15-16H2,3-6H3/b10-9+. The topological polar surface area (TPSA) is 63.7 Å². The molecule has 1 atom stereocenters. The minimum atomic E-state index is -3.75. The summed E-state index contributed by atoms with van der Waals surface area (Å²) in [5, 5.41) is 0. The van der Waals surface area contributed by atoms with E-state index in [0.29, 0.717) is 0 Å². The number of sulfonamides is 1. The maximum atomic E-state index is 12.8. The summed E-state index contributed by atoms with van der Waals surface area (Å²) in [5.74, 6) is 4.25. The lowest BCUT2D eigenvalue weighted by Gasteiger charge is -2.20. The molecule has 0 N–H and O–H groups in total. The Bertz CT molecular complexity index is 863. The smallest absolute Gasteiger partial charge is 0.312 e. The Morgan fingerprint density at radius 1 is 1.26 bits per heavy atom. The van der Waals surface area contributed by atoms with Gasteiger partial charge >= 0.3 is 5.97 Å². The van der Waals surface area contributed by atoms with Gasteiger partial charge in [0.1, 0.15) is 0 Å². The Hall–Kier alpha value is -2.54. The van der Waals surface area contributed by atoms with Crippen LogP contribution in [0, 0.1) is 37.0 Å². The number of carbonyl (C=O) groups excluding carboxylic acids is 1. The minimum Gasteiger partial charge on any atom is -0.444 e. The number of esters is 1. The Kier molecular flexibility index (Phi) is 7.84. The van der Waals surface area contributed by atoms with Crippen molar-refractivity contribution in [1.82, 2.24) is 4.31 Å². The van der Waals surface area contributed by atoms with Crippen LogP contribution < -0.4 is 0 Å². The van der Waals surface area contributed by atoms with Crippen LogP contribution in [-0.2, 0) is 19.6 Å². The van der Waals surface area contributed by atoms with Gasteiger partial charge < -0.3 is 4.74 Å². The van der Waals surface area contributed by atoms with E-state index in [1.807, 2.05) is 6.92 Å². The number of benzene rings is 1. The van der Waals surface area contributed by atoms with Gasteiger partial charge in [-0.3, -0.25) is 4.79 Å². The SMILES string of the molecule is C#CCN(C/C=C/C(C#C)OC(=O)C(C)(C)C)S(=O)(=O)c1ccc(C)cc1. The van der Waals surface area contributed by atoms with Crippen LogP contribution in [0.4, 0.5) is 0 Å². The van der Waals surface area contributed by atoms with Crippen molar-refractivity contribution in [2.75, 3.05) is 13.1 Å². The number of terminal acetylenes is 2. The molecule has 1 unspecified atom stereocenters. The van der Waals surface area contributed by atoms with Gasteiger partial charge in [-0.15, -0.1) is 12.8 Å². The number of hydrogen-bond acceptors (Lipinski definition) is 4. The Morgan fingerprint density at radius 3 is 2.33 bits per heavy atom. The number of nitrogens with zero attached hydrogens (tertiary/aromatic N) is 1. The number of carbonyl (C=O) groups is 1. The Morgan fingerprint density at radius 2 is 1.85 bits per heavy atom. The first-order valence-corrected chi connectivity index (χ1v) is 9.80. The van der Waals surface area contributed by atoms with Gasteiger partial charge in [-0.05, 0) is 45.9 Å². The van der Waals surface area contributed by atoms with Crippen LogP contribution in [0.3, 0.4) is 0 Å². The van der Waals surface area contributed by atoms with E-state index in [0.717, 1.165) is 9.87 Å². The molecule has 1 aromatic rings. The number of aryl methyl sites for hydroxylation is 1. The highest BCUT2D eigenvalue weighted by Crippen LogP contribution is 2.18. The van der Waals surface area contributed by atoms with Crippen molar-refractivity contribution in [2.24, 2.45) is 5.41 Å². The van der Waals surface area contributed by atoms with Gasteiger partial charge in [-0.25, -0.2) is 8.42 Å². The van der Waals surface area contributed by atoms with Gasteiger partial charge in [-0.2, -0.15) is 4.31 Å². The predicted molar refractivity (Wildman–Crippen MR) is 106 cm³/mol. The summed E-state index contributed by atoms with van der Waals surface area (Å²) in [6, 6.07) is 6.51. The van der Waals surface area contributed by atoms with Crippen molar-refractivity contribution in [2.45, 2.75) is 38.7 Å². The second-order valence-electron chi connectivity index (χ2n) is 6.99. The summed E-state index contributed by atoms with van der Waals surface area (Å²) in [4.78, 5) is 12.1. The normalized spacial score (nSPS) is 13.1. The van der Waals surface area contributed by atoms with E-state index >= 15 is 0 Å². The first-order chi connectivity index (χ1) is 12.5. The predicted octanol–water partition coefficient (Wildman–Crippen LogP) is 2.77. The molecule has 0 saturated carbocycles. The number of rotatable bonds is 7. The van der Waals surface area contributed by atoms with E-state index in [1.54, 1.807) is 32.9 Å². The van der Waals surface area contributed by atoms with Gasteiger partial charge in [0.25, 0.3) is 0 Å². The molecule has 0 amide bonds. The molecular weight excluding hydrogens is 362 g/mol. The molecule has 0 radical (unpaired) electrons. The maximum absolute atomic E-state index is 12.8. The monoisotopic (exact) mass is 387 g/mol. The molecule has 0 aromatic heterocycles. The molecule has 0 bridgehead atoms. The molecule has 0 aliphatic heterocycles. The molecule has 1 aromatic carbocycles. The highest BCUT2D eigenvalue weighted by atomic mass is 32.2. The summed E-state index contributed by atoms with van der Waals surface area (Å²) in [6.45, 7) is 6.94. The summed E-state index contributed by atoms with van der Waals surface area (Å²) >= 11 is 0. The van der Waals surface area contributed by atoms with Crippen molar-refractivity contribution in [1.29, 1.82) is 0 Å². The van der Waals surface area contributed by atoms with Crippen LogP contribution in [0.5, 0.6) is 0 Å². The van der Waals surface area contributed by atoms with E-state index in [4.69, 9.17) is 17.6 Å². The van der Waals surface area contributed by atoms with Crippen LogP contribution >= 0.6 is 0 Å². The summed E-state index contributed by atoms with van der Waals surface area (Å²) in [6.07, 6.45) is 12.8. The second kappa shape index (κ2) is 9.41. The Balaban J connectivity index is 2.92. The fourth-order valence-corrected chi connectivity index (χ4v) is 3.24. The molecule has 27 heavy (non-hydrogen) atoms. The molecule has 144 valence electrons. The molecular formula is C21H25NO4S. The third-order valence-corrected chi connectivity index (χ3v) is 5.38. The van der Waals surface area contributed by atoms with Crippen molar-refractivity contribution in [3.63, 3.8) is 0 Å². The average Bonchev–Trinajstić information content (AvgIpc) is 2.59. The zero-order chi connectivity index (χ0) is 20.7. The van der Waals surface area contributed by atoms with E-state index < -0.39 is 27.5 Å². The zero-order valence-electron chi connectivity index (χ0n) is 16.1. The highest BCUT2D eigenvalue weighted by Gasteiger charge is 2.25. The summed E-state index contributed by atoms with van der Waals surface area (Å²) < 4.78 is 31.9. The lowest BCUT2D eigenvalue weighted by molar-refractivity contribution is -0.154. The highest BCUT2D eigenvalue weighted by molar-refractivity contribution is 7.89. The largest absolute Gasteiger partial charge is 0.444 e. The van der Waals surface area contributed by atoms with Crippen molar-refractivity contribution in [3.8, 4) is 24.7 Å². The minimum absolute atomic E-state index is 0.00561. The first-order valence-electron chi connectivity index (χ1n) is 8.36. The van der Waals surface area contributed by atoms with Crippen LogP contribution in [0.1, 0.15) is 26.3 Å². The lowest BCUT2D eigenvalue weighted by Crippen LogP contribution is -2.32. The van der Waals surface area contributed by atoms with Gasteiger partial charge in [0.2, 0.25) is 10.0 Å². The zero-order valence-corrected chi connectivity index (χ0v) is 16.9. The average molecular weight is 388 g/mol. The fourth-order valence-electron chi connectivity index (χ4n) is 1.93. The van der Waals surface area contributed by atoms with Gasteiger partial charge in [0.05, 0.1) is 16.9 Å². The molecule has 0 spiro atoms. The molecule has 0 aliphatic rings. The van der Waals surface area contributed by atoms with Crippen molar-refractivity contribution >= 4 is 16.0 Å². The molecule has 0 heterocycles. The van der Waals surface area contributed by atoms with E-state index in [-0.39, 0.29) is 18.0 Å². The van der Waals surface area contributed by atoms with E-state index in [2.05, 4.69) is 11.8 Å². The maximum Gasteiger partial charge on any atom is 0.312 e. The van der Waals surface area contributed by atoms with Crippen molar-refractivity contribution < 1.29 is 17.9 Å². The molecule has 0 aliphatic carbocycles. The molecule has 0 saturated heterocycles. The number of hydrogen-bond donors (Lipinski definition) is 0. The van der Waals surface area contributed by atoms with E-state index in [1.165, 1.54) is 24.3 Å². The fraction of sp³-hybridized carbons (Fsp3) is 0.381.